The third-order valence-electron chi connectivity index (χ3n) is 11.4. The van der Waals surface area contributed by atoms with Gasteiger partial charge in [-0.2, -0.15) is 0 Å². The summed E-state index contributed by atoms with van der Waals surface area (Å²) in [6.45, 7) is 10.3. The molecule has 4 fully saturated rings. The molecule has 2 aromatic carbocycles. The van der Waals surface area contributed by atoms with E-state index in [9.17, 15) is 23.6 Å². The lowest BCUT2D eigenvalue weighted by molar-refractivity contribution is -0.133. The highest BCUT2D eigenvalue weighted by Gasteiger charge is 2.32. The number of nitrogens with one attached hydrogen (secondary N) is 2. The van der Waals surface area contributed by atoms with E-state index in [0.29, 0.717) is 29.4 Å². The predicted molar refractivity (Wildman–Crippen MR) is 217 cm³/mol. The zero-order chi connectivity index (χ0) is 41.2. The summed E-state index contributed by atoms with van der Waals surface area (Å²) in [7, 11) is 0. The predicted octanol–water partition coefficient (Wildman–Crippen LogP) is 6.68. The summed E-state index contributed by atoms with van der Waals surface area (Å²) >= 11 is 0. The van der Waals surface area contributed by atoms with Crippen molar-refractivity contribution in [2.24, 2.45) is 0 Å². The van der Waals surface area contributed by atoms with Crippen molar-refractivity contribution in [1.82, 2.24) is 25.1 Å². The number of imide groups is 1. The van der Waals surface area contributed by atoms with Crippen molar-refractivity contribution in [2.45, 2.75) is 94.7 Å². The number of hydrogen-bond acceptors (Lipinski definition) is 10. The van der Waals surface area contributed by atoms with Gasteiger partial charge in [0.25, 0.3) is 5.91 Å². The Morgan fingerprint density at radius 2 is 1.67 bits per heavy atom. The number of benzene rings is 2. The summed E-state index contributed by atoms with van der Waals surface area (Å²) in [5.41, 5.74) is 7.82. The van der Waals surface area contributed by atoms with E-state index in [1.54, 1.807) is 24.3 Å². The first-order valence-corrected chi connectivity index (χ1v) is 20.1. The van der Waals surface area contributed by atoms with E-state index in [-0.39, 0.29) is 59.7 Å². The lowest BCUT2D eigenvalue weighted by Gasteiger charge is -2.42. The molecule has 0 spiro atoms. The standard InChI is InChI=1S/C28H39FN4O4.C15H13FN4O/c29-24-18-20(30-25-8-9-26(34)31-27(25)35)6-7-23(24)19-10-14-32(15-11-19)21-12-16-33(17-13-21)28(36)37-22-4-2-1-3-5-22;1-3-13(21)20(4-2)11-7-5-6-10(8-11)14-12(16)9-18-15(17)19-14/h6-7,18-19,21-22,25,30H,1-5,8-17H2,(H,31,34,35);3-9H,1-2H2,(H2,17,18,19). The molecule has 4 amide bonds. The van der Waals surface area contributed by atoms with Crippen LogP contribution in [-0.4, -0.2) is 87.9 Å². The summed E-state index contributed by atoms with van der Waals surface area (Å²) in [4.78, 5) is 60.7. The Kier molecular flexibility index (Phi) is 14.2. The van der Waals surface area contributed by atoms with Crippen LogP contribution >= 0.6 is 0 Å². The third-order valence-corrected chi connectivity index (χ3v) is 11.4. The minimum Gasteiger partial charge on any atom is -0.446 e. The van der Waals surface area contributed by atoms with Crippen LogP contribution in [0.3, 0.4) is 0 Å². The Labute approximate surface area is 337 Å². The van der Waals surface area contributed by atoms with Crippen molar-refractivity contribution < 1.29 is 32.7 Å². The van der Waals surface area contributed by atoms with Crippen LogP contribution in [0.25, 0.3) is 11.3 Å². The number of halogens is 2. The van der Waals surface area contributed by atoms with Crippen molar-refractivity contribution >= 4 is 41.1 Å². The summed E-state index contributed by atoms with van der Waals surface area (Å²) in [6.07, 6.45) is 13.4. The van der Waals surface area contributed by atoms with E-state index in [1.165, 1.54) is 23.6 Å². The molecular weight excluding hydrogens is 747 g/mol. The molecule has 1 saturated carbocycles. The highest BCUT2D eigenvalue weighted by atomic mass is 19.1. The number of nitrogens with zero attached hydrogens (tertiary/aromatic N) is 5. The minimum atomic E-state index is -0.596. The van der Waals surface area contributed by atoms with Crippen LogP contribution in [0.1, 0.15) is 82.1 Å². The molecule has 308 valence electrons. The zero-order valence-electron chi connectivity index (χ0n) is 32.7. The number of nitrogens with two attached hydrogens (primary N) is 1. The Hall–Kier alpha value is -5.70. The number of piperidine rings is 3. The molecule has 4 N–H and O–H groups in total. The maximum absolute atomic E-state index is 15.0. The quantitative estimate of drug-likeness (QED) is 0.157. The summed E-state index contributed by atoms with van der Waals surface area (Å²) in [5, 5.41) is 5.38. The van der Waals surface area contributed by atoms with Gasteiger partial charge in [-0.25, -0.2) is 23.5 Å². The Bertz CT molecular complexity index is 1980. The number of hydrogen-bond donors (Lipinski definition) is 3. The van der Waals surface area contributed by atoms with E-state index >= 15 is 4.39 Å². The average Bonchev–Trinajstić information content (AvgIpc) is 3.24. The number of aromatic nitrogens is 2. The number of rotatable bonds is 9. The van der Waals surface area contributed by atoms with Crippen LogP contribution in [-0.2, 0) is 19.1 Å². The van der Waals surface area contributed by atoms with Gasteiger partial charge < -0.3 is 25.6 Å². The molecule has 1 aromatic heterocycles. The second-order valence-electron chi connectivity index (χ2n) is 15.1. The smallest absolute Gasteiger partial charge is 0.410 e. The first-order chi connectivity index (χ1) is 28.0. The molecule has 4 aliphatic rings. The largest absolute Gasteiger partial charge is 0.446 e. The second-order valence-corrected chi connectivity index (χ2v) is 15.1. The molecular formula is C43H52F2N8O5. The van der Waals surface area contributed by atoms with E-state index < -0.39 is 11.9 Å². The molecule has 1 unspecified atom stereocenters. The fourth-order valence-corrected chi connectivity index (χ4v) is 8.18. The Morgan fingerprint density at radius 3 is 2.34 bits per heavy atom. The van der Waals surface area contributed by atoms with Gasteiger partial charge in [0.15, 0.2) is 5.82 Å². The van der Waals surface area contributed by atoms with Crippen molar-refractivity contribution in [3.8, 4) is 11.3 Å². The fraction of sp³-hybridized carbons (Fsp3) is 0.442. The summed E-state index contributed by atoms with van der Waals surface area (Å²) in [5.74, 6) is -1.67. The first kappa shape index (κ1) is 41.9. The molecule has 15 heteroatoms. The van der Waals surface area contributed by atoms with Crippen LogP contribution in [0.2, 0.25) is 0 Å². The average molecular weight is 799 g/mol. The first-order valence-electron chi connectivity index (χ1n) is 20.1. The highest BCUT2D eigenvalue weighted by molar-refractivity contribution is 6.03. The van der Waals surface area contributed by atoms with E-state index in [2.05, 4.69) is 38.7 Å². The molecule has 3 aliphatic heterocycles. The lowest BCUT2D eigenvalue weighted by Crippen LogP contribution is -2.49. The number of carbonyl (C=O) groups excluding carboxylic acids is 4. The Morgan fingerprint density at radius 1 is 0.931 bits per heavy atom. The number of amides is 4. The van der Waals surface area contributed by atoms with Crippen molar-refractivity contribution in [1.29, 1.82) is 0 Å². The van der Waals surface area contributed by atoms with Gasteiger partial charge >= 0.3 is 6.09 Å². The SMILES string of the molecule is C=CC(=O)N(C=C)c1cccc(-c2nc(N)ncc2F)c1.O=C1CCC(Nc2ccc(C3CCN(C4CCN(C(=O)OC5CCCCC5)CC4)CC3)c(F)c2)C(=O)N1. The van der Waals surface area contributed by atoms with Gasteiger partial charge in [-0.3, -0.25) is 24.6 Å². The van der Waals surface area contributed by atoms with Gasteiger partial charge in [-0.15, -0.1) is 0 Å². The molecule has 3 saturated heterocycles. The Balaban J connectivity index is 0.000000229. The molecule has 0 radical (unpaired) electrons. The minimum absolute atomic E-state index is 0.0282. The van der Waals surface area contributed by atoms with E-state index in [1.807, 2.05) is 17.0 Å². The maximum atomic E-state index is 15.0. The second kappa shape index (κ2) is 19.6. The van der Waals surface area contributed by atoms with Crippen molar-refractivity contribution in [3.05, 3.63) is 91.3 Å². The molecule has 1 atom stereocenters. The van der Waals surface area contributed by atoms with Crippen molar-refractivity contribution in [2.75, 3.05) is 42.1 Å². The molecule has 3 aromatic rings. The van der Waals surface area contributed by atoms with Crippen molar-refractivity contribution in [3.63, 3.8) is 0 Å². The zero-order valence-corrected chi connectivity index (χ0v) is 32.7. The summed E-state index contributed by atoms with van der Waals surface area (Å²) < 4.78 is 34.6. The number of likely N-dealkylation sites (tertiary alicyclic amines) is 2. The summed E-state index contributed by atoms with van der Waals surface area (Å²) in [6, 6.07) is 11.7. The van der Waals surface area contributed by atoms with Gasteiger partial charge in [0, 0.05) is 48.7 Å². The number of anilines is 3. The third kappa shape index (κ3) is 10.6. The van der Waals surface area contributed by atoms with E-state index in [0.717, 1.165) is 95.4 Å². The van der Waals surface area contributed by atoms with Gasteiger partial charge in [0.1, 0.15) is 23.7 Å². The number of nitrogen functional groups attached to an aromatic ring is 1. The van der Waals surface area contributed by atoms with E-state index in [4.69, 9.17) is 10.5 Å². The molecule has 58 heavy (non-hydrogen) atoms. The topological polar surface area (TPSA) is 163 Å². The highest BCUT2D eigenvalue weighted by Crippen LogP contribution is 2.34. The number of carbonyl (C=O) groups is 4. The lowest BCUT2D eigenvalue weighted by atomic mass is 9.87. The molecule has 1 aliphatic carbocycles. The van der Waals surface area contributed by atoms with Crippen LogP contribution in [0, 0.1) is 11.6 Å². The monoisotopic (exact) mass is 798 g/mol. The van der Waals surface area contributed by atoms with Crippen LogP contribution in [0.4, 0.5) is 30.9 Å². The molecule has 7 rings (SSSR count). The van der Waals surface area contributed by atoms with Gasteiger partial charge in [-0.1, -0.05) is 37.8 Å². The van der Waals surface area contributed by atoms with Gasteiger partial charge in [-0.05, 0) is 113 Å². The molecule has 0 bridgehead atoms. The maximum Gasteiger partial charge on any atom is 0.410 e. The van der Waals surface area contributed by atoms with Crippen LogP contribution in [0.15, 0.2) is 74.1 Å². The molecule has 4 heterocycles. The van der Waals surface area contributed by atoms with Gasteiger partial charge in [0.05, 0.1) is 6.20 Å². The fourth-order valence-electron chi connectivity index (χ4n) is 8.18. The molecule has 13 nitrogen and oxygen atoms in total. The van der Waals surface area contributed by atoms with Crippen LogP contribution in [0.5, 0.6) is 0 Å². The normalized spacial score (nSPS) is 19.6. The van der Waals surface area contributed by atoms with Gasteiger partial charge in [0.2, 0.25) is 17.8 Å². The number of ether oxygens (including phenoxy) is 1. The van der Waals surface area contributed by atoms with Crippen LogP contribution < -0.4 is 21.3 Å².